The number of rotatable bonds is 1. The van der Waals surface area contributed by atoms with Crippen molar-refractivity contribution in [1.82, 2.24) is 0 Å². The number of fused-ring (bicyclic) bond motifs is 1. The lowest BCUT2D eigenvalue weighted by molar-refractivity contribution is -0.959. The van der Waals surface area contributed by atoms with Gasteiger partial charge in [-0.15, -0.1) is 0 Å². The number of ether oxygens (including phenoxy) is 1. The molecule has 0 radical (unpaired) electrons. The minimum atomic E-state index is -2.75. The van der Waals surface area contributed by atoms with E-state index >= 15 is 0 Å². The summed E-state index contributed by atoms with van der Waals surface area (Å²) in [4.78, 5) is 1.50. The van der Waals surface area contributed by atoms with E-state index in [1.165, 1.54) is 11.3 Å². The first-order valence-corrected chi connectivity index (χ1v) is 8.01. The normalized spacial score (nSPS) is 43.4. The first-order valence-electron chi connectivity index (χ1n) is 6.30. The van der Waals surface area contributed by atoms with Gasteiger partial charge in [0, 0.05) is 6.42 Å². The molecule has 2 aliphatic heterocycles. The van der Waals surface area contributed by atoms with E-state index in [2.05, 4.69) is 0 Å². The average Bonchev–Trinajstić information content (AvgIpc) is 2.29. The van der Waals surface area contributed by atoms with E-state index < -0.39 is 9.84 Å². The van der Waals surface area contributed by atoms with E-state index in [1.54, 1.807) is 0 Å². The van der Waals surface area contributed by atoms with Crippen LogP contribution in [0.4, 0.5) is 0 Å². The summed E-state index contributed by atoms with van der Waals surface area (Å²) in [6, 6.07) is 0. The van der Waals surface area contributed by atoms with E-state index in [0.717, 1.165) is 45.6 Å². The molecule has 1 aliphatic carbocycles. The second kappa shape index (κ2) is 3.68. The molecule has 0 aromatic heterocycles. The van der Waals surface area contributed by atoms with Crippen LogP contribution in [0.15, 0.2) is 0 Å². The molecule has 16 heavy (non-hydrogen) atoms. The van der Waals surface area contributed by atoms with Crippen LogP contribution in [0.3, 0.4) is 0 Å². The molecule has 0 amide bonds. The second-order valence-corrected chi connectivity index (χ2v) is 7.60. The fraction of sp³-hybridized carbons (Fsp3) is 1.00. The van der Waals surface area contributed by atoms with Crippen LogP contribution in [0.5, 0.6) is 0 Å². The molecule has 0 unspecified atom stereocenters. The Labute approximate surface area is 96.9 Å². The summed E-state index contributed by atoms with van der Waals surface area (Å²) in [5.74, 6) is 0.431. The molecule has 0 bridgehead atoms. The first kappa shape index (κ1) is 11.0. The van der Waals surface area contributed by atoms with Crippen molar-refractivity contribution >= 4 is 9.84 Å². The smallest absolute Gasteiger partial charge is 0.165 e. The van der Waals surface area contributed by atoms with Crippen LogP contribution in [-0.4, -0.2) is 51.3 Å². The SMILES string of the molecule is O=S1(=O)C[C@@]2([NH+]3CCOCC3)CCCC[C@@H]21. The van der Waals surface area contributed by atoms with Crippen LogP contribution in [-0.2, 0) is 14.6 Å². The van der Waals surface area contributed by atoms with Crippen LogP contribution < -0.4 is 4.90 Å². The summed E-state index contributed by atoms with van der Waals surface area (Å²) in [5, 5.41) is -0.0400. The van der Waals surface area contributed by atoms with Crippen LogP contribution in [0.25, 0.3) is 0 Å². The van der Waals surface area contributed by atoms with Gasteiger partial charge in [0.25, 0.3) is 0 Å². The highest BCUT2D eigenvalue weighted by Crippen LogP contribution is 2.41. The fourth-order valence-electron chi connectivity index (χ4n) is 3.88. The lowest BCUT2D eigenvalue weighted by Gasteiger charge is -2.54. The van der Waals surface area contributed by atoms with Crippen molar-refractivity contribution in [2.45, 2.75) is 36.5 Å². The Balaban J connectivity index is 1.85. The highest BCUT2D eigenvalue weighted by Gasteiger charge is 2.65. The van der Waals surface area contributed by atoms with Gasteiger partial charge in [0.1, 0.15) is 29.6 Å². The summed E-state index contributed by atoms with van der Waals surface area (Å²) in [5.41, 5.74) is 0.0703. The van der Waals surface area contributed by atoms with Gasteiger partial charge in [0.05, 0.1) is 13.2 Å². The average molecular weight is 246 g/mol. The van der Waals surface area contributed by atoms with Gasteiger partial charge in [0.2, 0.25) is 0 Å². The molecule has 1 N–H and O–H groups in total. The van der Waals surface area contributed by atoms with Gasteiger partial charge in [-0.2, -0.15) is 0 Å². The van der Waals surface area contributed by atoms with Crippen molar-refractivity contribution in [3.05, 3.63) is 0 Å². The zero-order valence-electron chi connectivity index (χ0n) is 9.57. The predicted octanol–water partition coefficient (Wildman–Crippen LogP) is -0.989. The standard InChI is InChI=1S/C11H19NO3S/c13-16(14)9-11(4-2-1-3-10(11)16)12-5-7-15-8-6-12/h10H,1-9H2/p+1/t10-,11-/m0/s1. The van der Waals surface area contributed by atoms with Crippen molar-refractivity contribution < 1.29 is 18.1 Å². The number of quaternary nitrogens is 1. The third-order valence-electron chi connectivity index (χ3n) is 4.65. The van der Waals surface area contributed by atoms with Gasteiger partial charge >= 0.3 is 0 Å². The molecule has 1 saturated carbocycles. The molecule has 4 nitrogen and oxygen atoms in total. The maximum atomic E-state index is 11.9. The van der Waals surface area contributed by atoms with Gasteiger partial charge < -0.3 is 9.64 Å². The Morgan fingerprint density at radius 3 is 2.62 bits per heavy atom. The Kier molecular flexibility index (Phi) is 2.53. The molecule has 0 spiro atoms. The van der Waals surface area contributed by atoms with Gasteiger partial charge in [0.15, 0.2) is 9.84 Å². The number of nitrogens with one attached hydrogen (secondary N) is 1. The first-order chi connectivity index (χ1) is 7.65. The summed E-state index contributed by atoms with van der Waals surface area (Å²) in [6.07, 6.45) is 4.30. The van der Waals surface area contributed by atoms with Crippen molar-refractivity contribution in [3.8, 4) is 0 Å². The molecule has 5 heteroatoms. The summed E-state index contributed by atoms with van der Waals surface area (Å²) in [7, 11) is -2.75. The molecule has 2 saturated heterocycles. The van der Waals surface area contributed by atoms with Crippen molar-refractivity contribution in [3.63, 3.8) is 0 Å². The molecule has 92 valence electrons. The van der Waals surface area contributed by atoms with E-state index in [4.69, 9.17) is 4.74 Å². The van der Waals surface area contributed by atoms with Gasteiger partial charge in [-0.3, -0.25) is 0 Å². The molecule has 2 heterocycles. The lowest BCUT2D eigenvalue weighted by Crippen LogP contribution is -3.26. The number of morpholine rings is 1. The summed E-state index contributed by atoms with van der Waals surface area (Å²) < 4.78 is 29.1. The third-order valence-corrected chi connectivity index (χ3v) is 7.12. The zero-order valence-corrected chi connectivity index (χ0v) is 10.4. The van der Waals surface area contributed by atoms with Crippen LogP contribution >= 0.6 is 0 Å². The highest BCUT2D eigenvalue weighted by molar-refractivity contribution is 7.93. The van der Waals surface area contributed by atoms with E-state index in [0.29, 0.717) is 5.75 Å². The van der Waals surface area contributed by atoms with Gasteiger partial charge in [-0.25, -0.2) is 8.42 Å². The minimum absolute atomic E-state index is 0.0400. The third kappa shape index (κ3) is 1.45. The molecule has 3 aliphatic rings. The Hall–Kier alpha value is -0.130. The molecule has 3 fully saturated rings. The number of hydrogen-bond donors (Lipinski definition) is 1. The van der Waals surface area contributed by atoms with Gasteiger partial charge in [-0.05, 0) is 12.8 Å². The second-order valence-electron chi connectivity index (χ2n) is 5.41. The Morgan fingerprint density at radius 1 is 1.19 bits per heavy atom. The van der Waals surface area contributed by atoms with E-state index in [-0.39, 0.29) is 10.8 Å². The maximum absolute atomic E-state index is 11.9. The van der Waals surface area contributed by atoms with Crippen LogP contribution in [0.1, 0.15) is 25.7 Å². The number of sulfone groups is 1. The van der Waals surface area contributed by atoms with E-state index in [1.807, 2.05) is 0 Å². The quantitative estimate of drug-likeness (QED) is 0.646. The molecular formula is C11H20NO3S+. The van der Waals surface area contributed by atoms with Crippen LogP contribution in [0, 0.1) is 0 Å². The predicted molar refractivity (Wildman–Crippen MR) is 60.3 cm³/mol. The lowest BCUT2D eigenvalue weighted by atomic mass is 9.80. The van der Waals surface area contributed by atoms with Crippen molar-refractivity contribution in [2.24, 2.45) is 0 Å². The summed E-state index contributed by atoms with van der Waals surface area (Å²) in [6.45, 7) is 3.58. The van der Waals surface area contributed by atoms with Crippen molar-refractivity contribution in [1.29, 1.82) is 0 Å². The van der Waals surface area contributed by atoms with Crippen molar-refractivity contribution in [2.75, 3.05) is 32.1 Å². The van der Waals surface area contributed by atoms with E-state index in [9.17, 15) is 8.42 Å². The molecular weight excluding hydrogens is 226 g/mol. The minimum Gasteiger partial charge on any atom is -0.370 e. The molecule has 2 atom stereocenters. The monoisotopic (exact) mass is 246 g/mol. The number of hydrogen-bond acceptors (Lipinski definition) is 3. The zero-order chi connectivity index (χ0) is 11.2. The van der Waals surface area contributed by atoms with Crippen LogP contribution in [0.2, 0.25) is 0 Å². The molecule has 0 aromatic carbocycles. The molecule has 3 rings (SSSR count). The fourth-order valence-corrected chi connectivity index (χ4v) is 6.63. The molecule has 0 aromatic rings. The largest absolute Gasteiger partial charge is 0.370 e. The Morgan fingerprint density at radius 2 is 1.94 bits per heavy atom. The Bertz CT molecular complexity index is 375. The maximum Gasteiger partial charge on any atom is 0.165 e. The summed E-state index contributed by atoms with van der Waals surface area (Å²) >= 11 is 0. The topological polar surface area (TPSA) is 47.8 Å². The highest BCUT2D eigenvalue weighted by atomic mass is 32.2. The van der Waals surface area contributed by atoms with Gasteiger partial charge in [-0.1, -0.05) is 6.42 Å².